The Bertz CT molecular complexity index is 441. The number of aliphatic imine (C=N–C) groups is 1. The predicted molar refractivity (Wildman–Crippen MR) is 105 cm³/mol. The van der Waals surface area contributed by atoms with Gasteiger partial charge in [0.15, 0.2) is 5.96 Å². The van der Waals surface area contributed by atoms with Crippen LogP contribution in [0.2, 0.25) is 0 Å². The first kappa shape index (κ1) is 20.9. The van der Waals surface area contributed by atoms with Gasteiger partial charge in [-0.15, -0.1) is 30.6 Å². The lowest BCUT2D eigenvalue weighted by molar-refractivity contribution is 0.470. The van der Waals surface area contributed by atoms with Crippen LogP contribution in [-0.4, -0.2) is 47.3 Å². The van der Waals surface area contributed by atoms with Crippen LogP contribution >= 0.6 is 24.0 Å². The first-order valence-corrected chi connectivity index (χ1v) is 7.75. The molecule has 1 aromatic rings. The first-order chi connectivity index (χ1) is 10.2. The summed E-state index contributed by atoms with van der Waals surface area (Å²) in [4.78, 5) is 6.88. The van der Waals surface area contributed by atoms with Crippen molar-refractivity contribution in [2.45, 2.75) is 32.6 Å². The number of hydrogen-bond acceptors (Lipinski definition) is 2. The fraction of sp³-hybridized carbons (Fsp3) is 0.625. The Morgan fingerprint density at radius 1 is 1.50 bits per heavy atom. The molecular formula is C16H30IN5. The highest BCUT2D eigenvalue weighted by atomic mass is 127. The smallest absolute Gasteiger partial charge is 0.193 e. The number of rotatable bonds is 9. The van der Waals surface area contributed by atoms with E-state index in [4.69, 9.17) is 4.99 Å². The molecule has 0 amide bonds. The third-order valence-electron chi connectivity index (χ3n) is 3.24. The van der Waals surface area contributed by atoms with E-state index in [2.05, 4.69) is 42.1 Å². The van der Waals surface area contributed by atoms with Crippen molar-refractivity contribution in [3.05, 3.63) is 30.6 Å². The molecule has 0 atom stereocenters. The molecule has 0 radical (unpaired) electrons. The highest BCUT2D eigenvalue weighted by Gasteiger charge is 2.04. The number of nitrogens with zero attached hydrogens (tertiary/aromatic N) is 4. The second-order valence-corrected chi connectivity index (χ2v) is 5.21. The molecule has 126 valence electrons. The lowest BCUT2D eigenvalue weighted by atomic mass is 10.2. The average Bonchev–Trinajstić information content (AvgIpc) is 2.88. The fourth-order valence-electron chi connectivity index (χ4n) is 2.12. The summed E-state index contributed by atoms with van der Waals surface area (Å²) in [5.74, 6) is 0.993. The van der Waals surface area contributed by atoms with E-state index in [1.54, 1.807) is 0 Å². The Labute approximate surface area is 151 Å². The van der Waals surface area contributed by atoms with Crippen LogP contribution in [-0.2, 0) is 13.5 Å². The van der Waals surface area contributed by atoms with Crippen LogP contribution in [0.4, 0.5) is 0 Å². The molecule has 0 aromatic carbocycles. The summed E-state index contributed by atoms with van der Waals surface area (Å²) in [6, 6.07) is 0. The Balaban J connectivity index is 0.00000441. The largest absolute Gasteiger partial charge is 0.357 e. The molecule has 0 fully saturated rings. The van der Waals surface area contributed by atoms with Gasteiger partial charge in [0.05, 0.1) is 6.20 Å². The van der Waals surface area contributed by atoms with Crippen LogP contribution in [0.15, 0.2) is 30.0 Å². The predicted octanol–water partition coefficient (Wildman–Crippen LogP) is 2.83. The van der Waals surface area contributed by atoms with Gasteiger partial charge in [-0.2, -0.15) is 5.10 Å². The number of nitrogens with one attached hydrogen (secondary N) is 1. The zero-order valence-electron chi connectivity index (χ0n) is 14.1. The van der Waals surface area contributed by atoms with Gasteiger partial charge in [0.25, 0.3) is 0 Å². The van der Waals surface area contributed by atoms with E-state index in [9.17, 15) is 0 Å². The molecule has 0 spiro atoms. The Kier molecular flexibility index (Phi) is 11.9. The SMILES string of the molecule is C=CCCCN(C)C(=NCCCc1cnn(C)c1)NCC.I. The molecule has 0 saturated heterocycles. The number of aromatic nitrogens is 2. The van der Waals surface area contributed by atoms with E-state index in [-0.39, 0.29) is 24.0 Å². The third kappa shape index (κ3) is 8.41. The summed E-state index contributed by atoms with van der Waals surface area (Å²) < 4.78 is 1.84. The molecule has 0 aliphatic carbocycles. The van der Waals surface area contributed by atoms with Gasteiger partial charge in [0.2, 0.25) is 0 Å². The molecule has 6 heteroatoms. The number of aryl methyl sites for hydroxylation is 2. The van der Waals surface area contributed by atoms with Gasteiger partial charge in [0.1, 0.15) is 0 Å². The van der Waals surface area contributed by atoms with Crippen LogP contribution in [0.3, 0.4) is 0 Å². The van der Waals surface area contributed by atoms with Gasteiger partial charge < -0.3 is 10.2 Å². The van der Waals surface area contributed by atoms with Crippen molar-refractivity contribution < 1.29 is 0 Å². The molecule has 0 unspecified atom stereocenters. The molecule has 1 aromatic heterocycles. The van der Waals surface area contributed by atoms with E-state index in [1.807, 2.05) is 24.0 Å². The minimum atomic E-state index is 0. The highest BCUT2D eigenvalue weighted by molar-refractivity contribution is 14.0. The second-order valence-electron chi connectivity index (χ2n) is 5.21. The van der Waals surface area contributed by atoms with Crippen LogP contribution in [0.1, 0.15) is 31.7 Å². The zero-order chi connectivity index (χ0) is 15.5. The quantitative estimate of drug-likeness (QED) is 0.220. The molecule has 0 saturated carbocycles. The summed E-state index contributed by atoms with van der Waals surface area (Å²) in [6.07, 6.45) is 10.2. The van der Waals surface area contributed by atoms with Crippen molar-refractivity contribution in [3.63, 3.8) is 0 Å². The summed E-state index contributed by atoms with van der Waals surface area (Å²) >= 11 is 0. The third-order valence-corrected chi connectivity index (χ3v) is 3.24. The number of guanidine groups is 1. The maximum absolute atomic E-state index is 4.69. The van der Waals surface area contributed by atoms with Gasteiger partial charge in [0, 0.05) is 39.9 Å². The number of halogens is 1. The number of unbranched alkanes of at least 4 members (excludes halogenated alkanes) is 1. The van der Waals surface area contributed by atoms with Crippen molar-refractivity contribution in [1.82, 2.24) is 20.0 Å². The molecule has 0 aliphatic rings. The van der Waals surface area contributed by atoms with Gasteiger partial charge in [-0.3, -0.25) is 9.67 Å². The van der Waals surface area contributed by atoms with Crippen molar-refractivity contribution in [2.24, 2.45) is 12.0 Å². The van der Waals surface area contributed by atoms with Crippen molar-refractivity contribution in [2.75, 3.05) is 26.7 Å². The molecule has 1 heterocycles. The summed E-state index contributed by atoms with van der Waals surface area (Å²) in [7, 11) is 4.04. The minimum absolute atomic E-state index is 0. The average molecular weight is 419 g/mol. The topological polar surface area (TPSA) is 45.5 Å². The van der Waals surface area contributed by atoms with Gasteiger partial charge in [-0.05, 0) is 38.2 Å². The van der Waals surface area contributed by atoms with Crippen LogP contribution in [0.5, 0.6) is 0 Å². The highest BCUT2D eigenvalue weighted by Crippen LogP contribution is 2.01. The number of allylic oxidation sites excluding steroid dienone is 1. The molecular weight excluding hydrogens is 389 g/mol. The summed E-state index contributed by atoms with van der Waals surface area (Å²) in [6.45, 7) is 8.59. The second kappa shape index (κ2) is 12.5. The monoisotopic (exact) mass is 419 g/mol. The maximum atomic E-state index is 4.69. The van der Waals surface area contributed by atoms with E-state index in [0.29, 0.717) is 0 Å². The van der Waals surface area contributed by atoms with E-state index in [0.717, 1.165) is 51.3 Å². The Morgan fingerprint density at radius 3 is 2.86 bits per heavy atom. The zero-order valence-corrected chi connectivity index (χ0v) is 16.4. The molecule has 1 N–H and O–H groups in total. The lowest BCUT2D eigenvalue weighted by Crippen LogP contribution is -2.39. The summed E-state index contributed by atoms with van der Waals surface area (Å²) in [5.41, 5.74) is 1.28. The van der Waals surface area contributed by atoms with E-state index >= 15 is 0 Å². The van der Waals surface area contributed by atoms with Crippen molar-refractivity contribution >= 4 is 29.9 Å². The minimum Gasteiger partial charge on any atom is -0.357 e. The van der Waals surface area contributed by atoms with Gasteiger partial charge in [-0.25, -0.2) is 0 Å². The lowest BCUT2D eigenvalue weighted by Gasteiger charge is -2.21. The molecule has 22 heavy (non-hydrogen) atoms. The van der Waals surface area contributed by atoms with Crippen molar-refractivity contribution in [3.8, 4) is 0 Å². The van der Waals surface area contributed by atoms with E-state index in [1.165, 1.54) is 5.56 Å². The molecule has 0 bridgehead atoms. The maximum Gasteiger partial charge on any atom is 0.193 e. The standard InChI is InChI=1S/C16H29N5.HI/c1-5-7-8-12-20(3)16(17-6-2)18-11-9-10-15-13-19-21(4)14-15;/h5,13-14H,1,6-12H2,2-4H3,(H,17,18);1H. The van der Waals surface area contributed by atoms with E-state index < -0.39 is 0 Å². The van der Waals surface area contributed by atoms with Crippen LogP contribution < -0.4 is 5.32 Å². The fourth-order valence-corrected chi connectivity index (χ4v) is 2.12. The normalized spacial score (nSPS) is 11.0. The Morgan fingerprint density at radius 2 is 2.27 bits per heavy atom. The molecule has 1 rings (SSSR count). The Hall–Kier alpha value is -1.05. The summed E-state index contributed by atoms with van der Waals surface area (Å²) in [5, 5.41) is 7.53. The van der Waals surface area contributed by atoms with Gasteiger partial charge >= 0.3 is 0 Å². The van der Waals surface area contributed by atoms with Crippen molar-refractivity contribution in [1.29, 1.82) is 0 Å². The first-order valence-electron chi connectivity index (χ1n) is 7.75. The van der Waals surface area contributed by atoms with Gasteiger partial charge in [-0.1, -0.05) is 6.08 Å². The number of hydrogen-bond donors (Lipinski definition) is 1. The molecule has 5 nitrogen and oxygen atoms in total. The van der Waals surface area contributed by atoms with Crippen LogP contribution in [0.25, 0.3) is 0 Å². The van der Waals surface area contributed by atoms with Crippen LogP contribution in [0, 0.1) is 0 Å². The molecule has 0 aliphatic heterocycles.